The average Bonchev–Trinajstić information content (AvgIpc) is 2.73. The van der Waals surface area contributed by atoms with Crippen molar-refractivity contribution in [1.82, 2.24) is 0 Å². The van der Waals surface area contributed by atoms with Gasteiger partial charge in [-0.1, -0.05) is 30.3 Å². The Morgan fingerprint density at radius 1 is 0.900 bits per heavy atom. The largest absolute Gasteiger partial charge is 0.573 e. The molecule has 5 heteroatoms. The average molecular weight is 418 g/mol. The fourth-order valence-corrected chi connectivity index (χ4v) is 5.15. The number of rotatable bonds is 4. The van der Waals surface area contributed by atoms with E-state index >= 15 is 4.39 Å². The van der Waals surface area contributed by atoms with Gasteiger partial charge in [0.25, 0.3) is 0 Å². The lowest BCUT2D eigenvalue weighted by atomic mass is 9.69. The van der Waals surface area contributed by atoms with Crippen LogP contribution in [-0.4, -0.2) is 6.36 Å². The minimum atomic E-state index is -4.74. The Balaban J connectivity index is 1.49. The first kappa shape index (κ1) is 21.0. The maximum atomic E-state index is 15.3. The molecule has 2 aromatic carbocycles. The number of fused-ring (bicyclic) bond motifs is 1. The highest BCUT2D eigenvalue weighted by Crippen LogP contribution is 2.41. The summed E-state index contributed by atoms with van der Waals surface area (Å²) in [6.07, 6.45) is 4.83. The molecule has 0 aromatic heterocycles. The highest BCUT2D eigenvalue weighted by molar-refractivity contribution is 5.67. The molecule has 0 radical (unpaired) electrons. The van der Waals surface area contributed by atoms with Gasteiger partial charge in [-0.15, -0.1) is 19.8 Å². The summed E-state index contributed by atoms with van der Waals surface area (Å²) in [5.41, 5.74) is 2.82. The molecule has 0 N–H and O–H groups in total. The Kier molecular flexibility index (Phi) is 5.90. The van der Waals surface area contributed by atoms with Crippen LogP contribution in [0.15, 0.2) is 49.1 Å². The quantitative estimate of drug-likeness (QED) is 0.369. The van der Waals surface area contributed by atoms with Crippen LogP contribution >= 0.6 is 0 Å². The molecule has 0 aliphatic heterocycles. The number of allylic oxidation sites excluding steroid dienone is 1. The molecule has 0 spiro atoms. The van der Waals surface area contributed by atoms with Crippen LogP contribution in [0, 0.1) is 23.6 Å². The second-order valence-corrected chi connectivity index (χ2v) is 8.55. The van der Waals surface area contributed by atoms with Crippen LogP contribution in [0.3, 0.4) is 0 Å². The Morgan fingerprint density at radius 3 is 2.23 bits per heavy atom. The van der Waals surface area contributed by atoms with E-state index < -0.39 is 6.36 Å². The third-order valence-corrected chi connectivity index (χ3v) is 6.80. The van der Waals surface area contributed by atoms with Crippen molar-refractivity contribution >= 4 is 0 Å². The monoisotopic (exact) mass is 418 g/mol. The zero-order chi connectivity index (χ0) is 21.3. The van der Waals surface area contributed by atoms with E-state index in [2.05, 4.69) is 17.4 Å². The van der Waals surface area contributed by atoms with Gasteiger partial charge in [-0.3, -0.25) is 0 Å². The highest BCUT2D eigenvalue weighted by atomic mass is 19.4. The highest BCUT2D eigenvalue weighted by Gasteiger charge is 2.32. The lowest BCUT2D eigenvalue weighted by Crippen LogP contribution is -2.26. The van der Waals surface area contributed by atoms with Crippen molar-refractivity contribution in [1.29, 1.82) is 0 Å². The van der Waals surface area contributed by atoms with Crippen molar-refractivity contribution in [3.63, 3.8) is 0 Å². The van der Waals surface area contributed by atoms with Crippen LogP contribution in [0.1, 0.15) is 43.2 Å². The molecule has 30 heavy (non-hydrogen) atoms. The van der Waals surface area contributed by atoms with E-state index in [0.717, 1.165) is 30.4 Å². The summed E-state index contributed by atoms with van der Waals surface area (Å²) < 4.78 is 56.2. The van der Waals surface area contributed by atoms with Crippen LogP contribution in [-0.2, 0) is 12.8 Å². The van der Waals surface area contributed by atoms with Crippen molar-refractivity contribution in [2.75, 3.05) is 0 Å². The molecular weight excluding hydrogens is 392 g/mol. The molecular formula is C25H26F4O. The van der Waals surface area contributed by atoms with E-state index in [1.807, 2.05) is 6.07 Å². The van der Waals surface area contributed by atoms with Crippen LogP contribution in [0.25, 0.3) is 11.1 Å². The van der Waals surface area contributed by atoms with Gasteiger partial charge in [0, 0.05) is 5.56 Å². The molecule has 0 heterocycles. The maximum Gasteiger partial charge on any atom is 0.573 e. The number of alkyl halides is 3. The third kappa shape index (κ3) is 4.55. The summed E-state index contributed by atoms with van der Waals surface area (Å²) in [4.78, 5) is 0. The van der Waals surface area contributed by atoms with Gasteiger partial charge in [-0.05, 0) is 91.5 Å². The van der Waals surface area contributed by atoms with E-state index in [4.69, 9.17) is 0 Å². The Hall–Kier alpha value is -2.30. The summed E-state index contributed by atoms with van der Waals surface area (Å²) in [7, 11) is 0. The molecule has 2 aromatic rings. The van der Waals surface area contributed by atoms with Crippen molar-refractivity contribution in [2.45, 2.75) is 51.3 Å². The molecule has 0 bridgehead atoms. The molecule has 0 amide bonds. The van der Waals surface area contributed by atoms with Gasteiger partial charge in [-0.25, -0.2) is 4.39 Å². The zero-order valence-corrected chi connectivity index (χ0v) is 16.9. The van der Waals surface area contributed by atoms with Crippen LogP contribution in [0.4, 0.5) is 17.6 Å². The van der Waals surface area contributed by atoms with E-state index in [1.165, 1.54) is 49.9 Å². The molecule has 2 aliphatic rings. The molecule has 160 valence electrons. The predicted molar refractivity (Wildman–Crippen MR) is 110 cm³/mol. The lowest BCUT2D eigenvalue weighted by Gasteiger charge is -2.36. The fourth-order valence-electron chi connectivity index (χ4n) is 5.15. The summed E-state index contributed by atoms with van der Waals surface area (Å²) in [6.45, 7) is 3.92. The second-order valence-electron chi connectivity index (χ2n) is 8.55. The smallest absolute Gasteiger partial charge is 0.406 e. The van der Waals surface area contributed by atoms with Gasteiger partial charge in [0.15, 0.2) is 0 Å². The Morgan fingerprint density at radius 2 is 1.60 bits per heavy atom. The summed E-state index contributed by atoms with van der Waals surface area (Å²) in [5.74, 6) is 1.40. The molecule has 0 saturated heterocycles. The van der Waals surface area contributed by atoms with Gasteiger partial charge in [0.1, 0.15) is 11.6 Å². The SMILES string of the molecule is C=CC1CCC(C2CCc3c(ccc(-c4ccc(OC(F)(F)F)cc4)c3F)C2)CC1. The molecule has 1 saturated carbocycles. The summed E-state index contributed by atoms with van der Waals surface area (Å²) in [5, 5.41) is 0. The van der Waals surface area contributed by atoms with Crippen LogP contribution in [0.5, 0.6) is 5.75 Å². The molecule has 4 rings (SSSR count). The minimum absolute atomic E-state index is 0.245. The standard InChI is InChI=1S/C25H26F4O/c1-2-16-3-5-17(6-4-16)19-9-13-23-20(15-19)10-14-22(24(23)26)18-7-11-21(12-8-18)30-25(27,28)29/h2,7-8,10-12,14,16-17,19H,1,3-6,9,13,15H2. The van der Waals surface area contributed by atoms with Gasteiger partial charge in [0.05, 0.1) is 0 Å². The van der Waals surface area contributed by atoms with E-state index in [-0.39, 0.29) is 11.6 Å². The van der Waals surface area contributed by atoms with E-state index in [9.17, 15) is 13.2 Å². The molecule has 2 aliphatic carbocycles. The topological polar surface area (TPSA) is 9.23 Å². The number of ether oxygens (including phenoxy) is 1. The van der Waals surface area contributed by atoms with Crippen molar-refractivity contribution in [3.05, 3.63) is 66.0 Å². The zero-order valence-electron chi connectivity index (χ0n) is 16.9. The Labute approximate surface area is 174 Å². The number of hydrogen-bond donors (Lipinski definition) is 0. The maximum absolute atomic E-state index is 15.3. The molecule has 1 unspecified atom stereocenters. The first-order chi connectivity index (χ1) is 14.3. The molecule has 1 fully saturated rings. The number of hydrogen-bond acceptors (Lipinski definition) is 1. The van der Waals surface area contributed by atoms with Crippen molar-refractivity contribution in [2.24, 2.45) is 17.8 Å². The molecule has 1 nitrogen and oxygen atoms in total. The van der Waals surface area contributed by atoms with Crippen molar-refractivity contribution < 1.29 is 22.3 Å². The summed E-state index contributed by atoms with van der Waals surface area (Å²) in [6, 6.07) is 9.12. The van der Waals surface area contributed by atoms with Gasteiger partial charge >= 0.3 is 6.36 Å². The number of benzene rings is 2. The summed E-state index contributed by atoms with van der Waals surface area (Å²) >= 11 is 0. The van der Waals surface area contributed by atoms with Crippen LogP contribution in [0.2, 0.25) is 0 Å². The predicted octanol–water partition coefficient (Wildman–Crippen LogP) is 7.49. The fraction of sp³-hybridized carbons (Fsp3) is 0.440. The van der Waals surface area contributed by atoms with Gasteiger partial charge in [0.2, 0.25) is 0 Å². The Bertz CT molecular complexity index is 893. The number of halogens is 4. The minimum Gasteiger partial charge on any atom is -0.406 e. The van der Waals surface area contributed by atoms with E-state index in [1.54, 1.807) is 6.07 Å². The van der Waals surface area contributed by atoms with E-state index in [0.29, 0.717) is 28.9 Å². The third-order valence-electron chi connectivity index (χ3n) is 6.80. The van der Waals surface area contributed by atoms with Gasteiger partial charge < -0.3 is 4.74 Å². The van der Waals surface area contributed by atoms with Crippen LogP contribution < -0.4 is 4.74 Å². The molecule has 1 atom stereocenters. The normalized spacial score (nSPS) is 24.2. The van der Waals surface area contributed by atoms with Crippen molar-refractivity contribution in [3.8, 4) is 16.9 Å². The second kappa shape index (κ2) is 8.44. The first-order valence-electron chi connectivity index (χ1n) is 10.6. The lowest BCUT2D eigenvalue weighted by molar-refractivity contribution is -0.274. The van der Waals surface area contributed by atoms with Gasteiger partial charge in [-0.2, -0.15) is 0 Å². The first-order valence-corrected chi connectivity index (χ1v) is 10.6.